The van der Waals surface area contributed by atoms with Crippen molar-refractivity contribution in [3.05, 3.63) is 72.9 Å². The van der Waals surface area contributed by atoms with Crippen molar-refractivity contribution in [1.82, 2.24) is 0 Å². The second-order valence-electron chi connectivity index (χ2n) is 23.4. The molecule has 6 heteroatoms. The van der Waals surface area contributed by atoms with Gasteiger partial charge in [-0.15, -0.1) is 0 Å². The summed E-state index contributed by atoms with van der Waals surface area (Å²) >= 11 is 0. The number of unbranched alkanes of at least 4 members (excludes halogenated alkanes) is 41. The van der Waals surface area contributed by atoms with Crippen molar-refractivity contribution in [1.29, 1.82) is 0 Å². The number of carbonyl (C=O) groups excluding carboxylic acids is 3. The molecule has 0 saturated heterocycles. The fraction of sp³-hybridized carbons (Fsp3) is 0.797. The van der Waals surface area contributed by atoms with Crippen molar-refractivity contribution >= 4 is 17.9 Å². The summed E-state index contributed by atoms with van der Waals surface area (Å²) in [5, 5.41) is 0. The summed E-state index contributed by atoms with van der Waals surface area (Å²) in [4.78, 5) is 38.3. The highest BCUT2D eigenvalue weighted by Crippen LogP contribution is 2.18. The molecule has 1 atom stereocenters. The molecule has 0 aromatic rings. The molecule has 0 aliphatic rings. The largest absolute Gasteiger partial charge is 0.462 e. The maximum absolute atomic E-state index is 12.9. The predicted octanol–water partition coefficient (Wildman–Crippen LogP) is 24.1. The van der Waals surface area contributed by atoms with Gasteiger partial charge in [-0.05, 0) is 103 Å². The SMILES string of the molecule is CC/C=C\C/C=C\C/C=C\C/C=C\CCCCCCCCCCCCCCCCC(=O)OCC(COC(=O)CCCCCCC/C=C\CCC)OC(=O)CCCCCCCCCCCCCCC/C=C\CCCCCCCCCC. The van der Waals surface area contributed by atoms with Crippen molar-refractivity contribution in [3.8, 4) is 0 Å². The van der Waals surface area contributed by atoms with E-state index in [1.807, 2.05) is 0 Å². The molecule has 6 nitrogen and oxygen atoms in total. The van der Waals surface area contributed by atoms with E-state index in [4.69, 9.17) is 14.2 Å². The molecule has 0 spiro atoms. The van der Waals surface area contributed by atoms with E-state index in [2.05, 4.69) is 93.7 Å². The summed E-state index contributed by atoms with van der Waals surface area (Å²) in [6.45, 7) is 6.51. The van der Waals surface area contributed by atoms with Crippen LogP contribution in [0.5, 0.6) is 0 Å². The Morgan fingerprint density at radius 3 is 0.825 bits per heavy atom. The molecule has 0 bridgehead atoms. The van der Waals surface area contributed by atoms with Gasteiger partial charge >= 0.3 is 17.9 Å². The number of hydrogen-bond donors (Lipinski definition) is 0. The van der Waals surface area contributed by atoms with E-state index in [1.54, 1.807) is 0 Å². The lowest BCUT2D eigenvalue weighted by atomic mass is 10.0. The van der Waals surface area contributed by atoms with Gasteiger partial charge in [-0.1, -0.05) is 312 Å². The summed E-state index contributed by atoms with van der Waals surface area (Å²) in [7, 11) is 0. The van der Waals surface area contributed by atoms with Crippen LogP contribution in [0.3, 0.4) is 0 Å². The minimum atomic E-state index is -0.778. The number of esters is 3. The molecular weight excluding hydrogens is 985 g/mol. The first kappa shape index (κ1) is 76.9. The van der Waals surface area contributed by atoms with Gasteiger partial charge in [0.15, 0.2) is 6.10 Å². The maximum atomic E-state index is 12.9. The van der Waals surface area contributed by atoms with Crippen LogP contribution in [-0.4, -0.2) is 37.2 Å². The Balaban J connectivity index is 4.17. The molecule has 0 radical (unpaired) electrons. The highest BCUT2D eigenvalue weighted by atomic mass is 16.6. The molecule has 0 aliphatic heterocycles. The van der Waals surface area contributed by atoms with Crippen LogP contribution in [0, 0.1) is 0 Å². The smallest absolute Gasteiger partial charge is 0.306 e. The molecule has 0 N–H and O–H groups in total. The molecule has 1 unspecified atom stereocenters. The zero-order valence-electron chi connectivity index (χ0n) is 53.3. The lowest BCUT2D eigenvalue weighted by Gasteiger charge is -2.18. The van der Waals surface area contributed by atoms with Gasteiger partial charge in [0.2, 0.25) is 0 Å². The molecular formula is C74H132O6. The fourth-order valence-corrected chi connectivity index (χ4v) is 10.2. The lowest BCUT2D eigenvalue weighted by Crippen LogP contribution is -2.30. The highest BCUT2D eigenvalue weighted by Gasteiger charge is 2.19. The van der Waals surface area contributed by atoms with Crippen molar-refractivity contribution < 1.29 is 28.6 Å². The standard InChI is InChI=1S/C74H132O6/c1-4-7-10-13-16-19-22-24-26-28-30-32-34-36-37-39-40-42-44-46-48-50-52-55-58-61-64-67-73(76)79-70-71(69-78-72(75)66-63-60-57-54-21-18-15-12-9-6-3)80-74(77)68-65-62-59-56-53-51-49-47-45-43-41-38-35-33-31-29-27-25-23-20-17-14-11-8-5-2/h7,10,12,15-16,19,24,26,29-32,71H,4-6,8-9,11,13-14,17-18,20-23,25,27-28,33-70H2,1-3H3/b10-7-,15-12-,19-16-,26-24-,31-29-,32-30-. The Bertz CT molecular complexity index is 1470. The summed E-state index contributed by atoms with van der Waals surface area (Å²) in [5.41, 5.74) is 0. The molecule has 464 valence electrons. The highest BCUT2D eigenvalue weighted by molar-refractivity contribution is 5.71. The Hall–Kier alpha value is -3.15. The molecule has 0 saturated carbocycles. The van der Waals surface area contributed by atoms with E-state index in [-0.39, 0.29) is 31.1 Å². The Morgan fingerprint density at radius 1 is 0.263 bits per heavy atom. The van der Waals surface area contributed by atoms with Gasteiger partial charge < -0.3 is 14.2 Å². The van der Waals surface area contributed by atoms with Gasteiger partial charge in [0.25, 0.3) is 0 Å². The molecule has 0 amide bonds. The first-order valence-corrected chi connectivity index (χ1v) is 34.9. The molecule has 0 aromatic heterocycles. The predicted molar refractivity (Wildman–Crippen MR) is 348 cm³/mol. The maximum Gasteiger partial charge on any atom is 0.306 e. The first-order valence-electron chi connectivity index (χ1n) is 34.9. The third-order valence-electron chi connectivity index (χ3n) is 15.4. The summed E-state index contributed by atoms with van der Waals surface area (Å²) in [6.07, 6.45) is 89.4. The van der Waals surface area contributed by atoms with E-state index >= 15 is 0 Å². The topological polar surface area (TPSA) is 78.9 Å². The first-order chi connectivity index (χ1) is 39.5. The number of hydrogen-bond acceptors (Lipinski definition) is 6. The molecule has 0 aromatic carbocycles. The van der Waals surface area contributed by atoms with Crippen molar-refractivity contribution in [2.75, 3.05) is 13.2 Å². The van der Waals surface area contributed by atoms with Crippen LogP contribution < -0.4 is 0 Å². The summed E-state index contributed by atoms with van der Waals surface area (Å²) < 4.78 is 16.9. The zero-order chi connectivity index (χ0) is 57.8. The van der Waals surface area contributed by atoms with Gasteiger partial charge in [-0.3, -0.25) is 14.4 Å². The molecule has 0 aliphatic carbocycles. The van der Waals surface area contributed by atoms with E-state index in [0.29, 0.717) is 19.3 Å². The van der Waals surface area contributed by atoms with Crippen molar-refractivity contribution in [2.24, 2.45) is 0 Å². The minimum Gasteiger partial charge on any atom is -0.462 e. The van der Waals surface area contributed by atoms with Gasteiger partial charge in [-0.25, -0.2) is 0 Å². The Labute approximate surface area is 497 Å². The number of carbonyl (C=O) groups is 3. The zero-order valence-corrected chi connectivity index (χ0v) is 53.3. The van der Waals surface area contributed by atoms with Crippen LogP contribution >= 0.6 is 0 Å². The average Bonchev–Trinajstić information content (AvgIpc) is 3.46. The summed E-state index contributed by atoms with van der Waals surface area (Å²) in [5.74, 6) is -0.868. The van der Waals surface area contributed by atoms with Crippen LogP contribution in [-0.2, 0) is 28.6 Å². The van der Waals surface area contributed by atoms with Crippen LogP contribution in [0.15, 0.2) is 72.9 Å². The fourth-order valence-electron chi connectivity index (χ4n) is 10.2. The van der Waals surface area contributed by atoms with Gasteiger partial charge in [0, 0.05) is 19.3 Å². The van der Waals surface area contributed by atoms with E-state index in [0.717, 1.165) is 96.3 Å². The normalized spacial score (nSPS) is 12.5. The number of rotatable bonds is 64. The molecule has 0 fully saturated rings. The Morgan fingerprint density at radius 2 is 0.512 bits per heavy atom. The average molecular weight is 1120 g/mol. The Kier molecular flexibility index (Phi) is 65.7. The van der Waals surface area contributed by atoms with Gasteiger partial charge in [0.05, 0.1) is 0 Å². The summed E-state index contributed by atoms with van der Waals surface area (Å²) in [6, 6.07) is 0. The second kappa shape index (κ2) is 68.3. The van der Waals surface area contributed by atoms with Crippen LogP contribution in [0.1, 0.15) is 361 Å². The third-order valence-corrected chi connectivity index (χ3v) is 15.4. The second-order valence-corrected chi connectivity index (χ2v) is 23.4. The minimum absolute atomic E-state index is 0.0751. The van der Waals surface area contributed by atoms with Crippen molar-refractivity contribution in [2.45, 2.75) is 367 Å². The van der Waals surface area contributed by atoms with E-state index in [9.17, 15) is 14.4 Å². The van der Waals surface area contributed by atoms with Crippen LogP contribution in [0.2, 0.25) is 0 Å². The van der Waals surface area contributed by atoms with Crippen LogP contribution in [0.25, 0.3) is 0 Å². The number of ether oxygens (including phenoxy) is 3. The molecule has 0 rings (SSSR count). The molecule has 0 heterocycles. The van der Waals surface area contributed by atoms with E-state index in [1.165, 1.54) is 225 Å². The lowest BCUT2D eigenvalue weighted by molar-refractivity contribution is -0.167. The van der Waals surface area contributed by atoms with Crippen molar-refractivity contribution in [3.63, 3.8) is 0 Å². The molecule has 80 heavy (non-hydrogen) atoms. The number of allylic oxidation sites excluding steroid dienone is 12. The van der Waals surface area contributed by atoms with Gasteiger partial charge in [0.1, 0.15) is 13.2 Å². The van der Waals surface area contributed by atoms with Gasteiger partial charge in [-0.2, -0.15) is 0 Å². The quantitative estimate of drug-likeness (QED) is 0.0261. The van der Waals surface area contributed by atoms with E-state index < -0.39 is 6.10 Å². The third kappa shape index (κ3) is 65.7. The monoisotopic (exact) mass is 1120 g/mol. The van der Waals surface area contributed by atoms with Crippen LogP contribution in [0.4, 0.5) is 0 Å².